The molecule has 1 rings (SSSR count). The van der Waals surface area contributed by atoms with E-state index < -0.39 is 0 Å². The summed E-state index contributed by atoms with van der Waals surface area (Å²) >= 11 is 0. The van der Waals surface area contributed by atoms with Crippen LogP contribution < -0.4 is 11.3 Å². The van der Waals surface area contributed by atoms with Crippen LogP contribution in [0.25, 0.3) is 0 Å². The Balaban J connectivity index is 2.50. The monoisotopic (exact) mass is 109 g/mol. The second kappa shape index (κ2) is 2.55. The maximum Gasteiger partial charge on any atom is -0.0200 e. The van der Waals surface area contributed by atoms with E-state index in [-0.39, 0.29) is 0 Å². The summed E-state index contributed by atoms with van der Waals surface area (Å²) in [4.78, 5) is 0. The van der Waals surface area contributed by atoms with E-state index in [9.17, 15) is 0 Å². The summed E-state index contributed by atoms with van der Waals surface area (Å²) in [6.07, 6.45) is 0. The highest BCUT2D eigenvalue weighted by atomic mass is 15.2. The molecule has 0 atom stereocenters. The van der Waals surface area contributed by atoms with E-state index in [2.05, 4.69) is 5.43 Å². The lowest BCUT2D eigenvalue weighted by Crippen LogP contribution is -2.20. The van der Waals surface area contributed by atoms with Gasteiger partial charge in [0.2, 0.25) is 0 Å². The van der Waals surface area contributed by atoms with E-state index >= 15 is 0 Å². The van der Waals surface area contributed by atoms with Crippen LogP contribution in [0.3, 0.4) is 0 Å². The van der Waals surface area contributed by atoms with Crippen molar-refractivity contribution in [1.82, 2.24) is 5.43 Å². The fourth-order valence-electron chi connectivity index (χ4n) is 0.650. The molecule has 0 spiro atoms. The van der Waals surface area contributed by atoms with Crippen molar-refractivity contribution in [1.29, 1.82) is 0 Å². The van der Waals surface area contributed by atoms with Crippen molar-refractivity contribution in [2.45, 2.75) is 6.54 Å². The van der Waals surface area contributed by atoms with Gasteiger partial charge in [0, 0.05) is 0 Å². The molecule has 0 aromatic heterocycles. The minimum Gasteiger partial charge on any atom is -0.272 e. The second-order valence-corrected chi connectivity index (χ2v) is 1.67. The quantitative estimate of drug-likeness (QED) is 0.327. The third kappa shape index (κ3) is 1.12. The van der Waals surface area contributed by atoms with Gasteiger partial charge in [-0.05, 0) is 6.54 Å². The Kier molecular flexibility index (Phi) is 1.72. The number of hydrazine groups is 1. The molecule has 2 heteroatoms. The molecule has 3 N–H and O–H groups in total. The summed E-state index contributed by atoms with van der Waals surface area (Å²) in [6.45, 7) is 0.757. The van der Waals surface area contributed by atoms with E-state index in [1.165, 1.54) is 5.56 Å². The van der Waals surface area contributed by atoms with Gasteiger partial charge in [-0.2, -0.15) is 23.8 Å². The molecule has 0 bridgehead atoms. The van der Waals surface area contributed by atoms with Gasteiger partial charge in [0.25, 0.3) is 0 Å². The number of rotatable bonds is 2. The Morgan fingerprint density at radius 1 is 1.75 bits per heavy atom. The Hall–Kier alpha value is -0.730. The minimum atomic E-state index is 0.757. The molecule has 0 aliphatic carbocycles. The molecule has 1 aromatic carbocycles. The summed E-state index contributed by atoms with van der Waals surface area (Å²) in [7, 11) is 0. The van der Waals surface area contributed by atoms with Gasteiger partial charge in [-0.15, -0.1) is 0 Å². The van der Waals surface area contributed by atoms with E-state index in [4.69, 9.17) is 5.84 Å². The van der Waals surface area contributed by atoms with E-state index in [0.717, 1.165) is 6.54 Å². The smallest absolute Gasteiger partial charge is 0.0200 e. The zero-order valence-electron chi connectivity index (χ0n) is 4.59. The van der Waals surface area contributed by atoms with Crippen LogP contribution >= 0.6 is 0 Å². The van der Waals surface area contributed by atoms with Gasteiger partial charge in [-0.25, -0.2) is 6.07 Å². The van der Waals surface area contributed by atoms with Gasteiger partial charge in [-0.1, -0.05) is 0 Å². The lowest BCUT2D eigenvalue weighted by atomic mass is 10.3. The summed E-state index contributed by atoms with van der Waals surface area (Å²) in [6, 6.07) is 8.04. The molecular formula is C6H9N2-. The Bertz CT molecular complexity index is 132. The highest BCUT2D eigenvalue weighted by Gasteiger charge is 1.74. The number of nitrogens with one attached hydrogen (secondary N) is 1. The first kappa shape index (κ1) is 5.41. The summed E-state index contributed by atoms with van der Waals surface area (Å²) < 4.78 is 0. The largest absolute Gasteiger partial charge is 0.272 e. The lowest BCUT2D eigenvalue weighted by Gasteiger charge is -1.98. The predicted molar refractivity (Wildman–Crippen MR) is 33.1 cm³/mol. The van der Waals surface area contributed by atoms with Gasteiger partial charge in [-0.3, -0.25) is 11.3 Å². The first-order chi connectivity index (χ1) is 3.93. The molecule has 2 nitrogen and oxygen atoms in total. The molecule has 0 aliphatic rings. The fourth-order valence-corrected chi connectivity index (χ4v) is 0.650. The molecule has 1 aromatic rings. The van der Waals surface area contributed by atoms with Crippen LogP contribution in [-0.4, -0.2) is 0 Å². The lowest BCUT2D eigenvalue weighted by molar-refractivity contribution is 0.743. The average Bonchev–Trinajstić information content (AvgIpc) is 2.19. The summed E-state index contributed by atoms with van der Waals surface area (Å²) in [5, 5.41) is 0. The van der Waals surface area contributed by atoms with Crippen molar-refractivity contribution in [3.05, 3.63) is 29.8 Å². The highest BCUT2D eigenvalue weighted by molar-refractivity contribution is 5.15. The van der Waals surface area contributed by atoms with E-state index in [0.29, 0.717) is 0 Å². The van der Waals surface area contributed by atoms with Crippen molar-refractivity contribution < 1.29 is 0 Å². The normalized spacial score (nSPS) is 9.62. The number of hydrogen-bond donors (Lipinski definition) is 2. The number of hydrogen-bond acceptors (Lipinski definition) is 2. The van der Waals surface area contributed by atoms with Gasteiger partial charge in [0.15, 0.2) is 0 Å². The molecule has 0 saturated heterocycles. The first-order valence-corrected chi connectivity index (χ1v) is 2.57. The zero-order chi connectivity index (χ0) is 5.82. The molecule has 0 aliphatic heterocycles. The summed E-state index contributed by atoms with van der Waals surface area (Å²) in [5.74, 6) is 5.07. The SMILES string of the molecule is NNCc1cc[cH-]c1. The van der Waals surface area contributed by atoms with Crippen molar-refractivity contribution in [3.63, 3.8) is 0 Å². The van der Waals surface area contributed by atoms with Gasteiger partial charge >= 0.3 is 0 Å². The third-order valence-electron chi connectivity index (χ3n) is 1.04. The van der Waals surface area contributed by atoms with Gasteiger partial charge in [0.1, 0.15) is 0 Å². The first-order valence-electron chi connectivity index (χ1n) is 2.57. The van der Waals surface area contributed by atoms with Crippen LogP contribution in [0.15, 0.2) is 24.3 Å². The molecule has 0 radical (unpaired) electrons. The molecule has 0 heterocycles. The van der Waals surface area contributed by atoms with Gasteiger partial charge < -0.3 is 0 Å². The molecular weight excluding hydrogens is 100 g/mol. The van der Waals surface area contributed by atoms with Crippen LogP contribution in [0.5, 0.6) is 0 Å². The van der Waals surface area contributed by atoms with E-state index in [1.807, 2.05) is 24.3 Å². The maximum absolute atomic E-state index is 5.07. The summed E-state index contributed by atoms with van der Waals surface area (Å²) in [5.41, 5.74) is 3.80. The molecule has 8 heavy (non-hydrogen) atoms. The second-order valence-electron chi connectivity index (χ2n) is 1.67. The van der Waals surface area contributed by atoms with Crippen LogP contribution in [0.4, 0.5) is 0 Å². The van der Waals surface area contributed by atoms with Crippen LogP contribution in [0.1, 0.15) is 5.56 Å². The van der Waals surface area contributed by atoms with Gasteiger partial charge in [0.05, 0.1) is 0 Å². The Morgan fingerprint density at radius 2 is 2.62 bits per heavy atom. The fraction of sp³-hybridized carbons (Fsp3) is 0.167. The van der Waals surface area contributed by atoms with Crippen molar-refractivity contribution in [2.75, 3.05) is 0 Å². The molecule has 44 valence electrons. The van der Waals surface area contributed by atoms with Crippen molar-refractivity contribution in [2.24, 2.45) is 5.84 Å². The third-order valence-corrected chi connectivity index (χ3v) is 1.04. The van der Waals surface area contributed by atoms with Crippen LogP contribution in [-0.2, 0) is 6.54 Å². The molecule has 0 unspecified atom stereocenters. The predicted octanol–water partition coefficient (Wildman–Crippen LogP) is 0.369. The van der Waals surface area contributed by atoms with Crippen molar-refractivity contribution in [3.8, 4) is 0 Å². The molecule has 0 fully saturated rings. The van der Waals surface area contributed by atoms with Crippen LogP contribution in [0, 0.1) is 0 Å². The molecule has 0 saturated carbocycles. The van der Waals surface area contributed by atoms with Crippen LogP contribution in [0.2, 0.25) is 0 Å². The van der Waals surface area contributed by atoms with Crippen molar-refractivity contribution >= 4 is 0 Å². The average molecular weight is 109 g/mol. The maximum atomic E-state index is 5.07. The van der Waals surface area contributed by atoms with E-state index in [1.54, 1.807) is 0 Å². The Labute approximate surface area is 48.6 Å². The standard InChI is InChI=1S/C6H9N2/c7-8-5-6-3-1-2-4-6/h1-4,8H,5,7H2/q-1. The molecule has 0 amide bonds. The Morgan fingerprint density at radius 3 is 3.12 bits per heavy atom. The number of nitrogens with two attached hydrogens (primary N) is 1. The zero-order valence-corrected chi connectivity index (χ0v) is 4.59. The highest BCUT2D eigenvalue weighted by Crippen LogP contribution is 1.96. The minimum absolute atomic E-state index is 0.757. The topological polar surface area (TPSA) is 38.0 Å².